The minimum atomic E-state index is 0.484. The van der Waals surface area contributed by atoms with Gasteiger partial charge in [-0.05, 0) is 37.5 Å². The molecule has 1 saturated carbocycles. The second-order valence-corrected chi connectivity index (χ2v) is 5.30. The van der Waals surface area contributed by atoms with Crippen molar-refractivity contribution < 1.29 is 4.79 Å². The number of unbranched alkanes of at least 4 members (excludes halogenated alkanes) is 1. The average Bonchev–Trinajstić information content (AvgIpc) is 3.32. The molecule has 0 heterocycles. The van der Waals surface area contributed by atoms with Crippen LogP contribution in [-0.4, -0.2) is 30.4 Å². The van der Waals surface area contributed by atoms with Crippen molar-refractivity contribution in [3.8, 4) is 0 Å². The van der Waals surface area contributed by atoms with Crippen molar-refractivity contribution in [3.05, 3.63) is 42.6 Å². The molecule has 0 N–H and O–H groups in total. The second kappa shape index (κ2) is 7.73. The van der Waals surface area contributed by atoms with E-state index in [1.807, 2.05) is 11.0 Å². The number of anilines is 1. The Morgan fingerprint density at radius 2 is 2.00 bits per heavy atom. The summed E-state index contributed by atoms with van der Waals surface area (Å²) in [7, 11) is 0. The van der Waals surface area contributed by atoms with Gasteiger partial charge in [-0.15, -0.1) is 0 Å². The van der Waals surface area contributed by atoms with Crippen molar-refractivity contribution in [2.45, 2.75) is 38.6 Å². The molecule has 0 atom stereocenters. The fourth-order valence-corrected chi connectivity index (χ4v) is 2.22. The molecule has 2 rings (SSSR count). The van der Waals surface area contributed by atoms with Gasteiger partial charge in [0.1, 0.15) is 0 Å². The average molecular weight is 272 g/mol. The first-order valence-electron chi connectivity index (χ1n) is 7.54. The van der Waals surface area contributed by atoms with Gasteiger partial charge in [-0.3, -0.25) is 4.79 Å². The number of carbonyl (C=O) groups is 1. The molecule has 0 saturated heterocycles. The van der Waals surface area contributed by atoms with Crippen molar-refractivity contribution >= 4 is 12.1 Å². The predicted molar refractivity (Wildman–Crippen MR) is 83.6 cm³/mol. The minimum Gasteiger partial charge on any atom is -0.348 e. The lowest BCUT2D eigenvalue weighted by atomic mass is 10.2. The van der Waals surface area contributed by atoms with Crippen LogP contribution in [0.15, 0.2) is 42.6 Å². The zero-order valence-electron chi connectivity index (χ0n) is 12.2. The van der Waals surface area contributed by atoms with Gasteiger partial charge in [0.2, 0.25) is 6.41 Å². The third-order valence-corrected chi connectivity index (χ3v) is 3.59. The number of rotatable bonds is 9. The molecule has 1 fully saturated rings. The van der Waals surface area contributed by atoms with Crippen LogP contribution >= 0.6 is 0 Å². The lowest BCUT2D eigenvalue weighted by molar-refractivity contribution is -0.118. The summed E-state index contributed by atoms with van der Waals surface area (Å²) in [5.74, 6) is 0. The van der Waals surface area contributed by atoms with Gasteiger partial charge >= 0.3 is 0 Å². The van der Waals surface area contributed by atoms with Gasteiger partial charge in [0, 0.05) is 31.0 Å². The van der Waals surface area contributed by atoms with E-state index >= 15 is 0 Å². The van der Waals surface area contributed by atoms with Crippen LogP contribution in [0.1, 0.15) is 32.6 Å². The highest BCUT2D eigenvalue weighted by Crippen LogP contribution is 2.25. The van der Waals surface area contributed by atoms with Gasteiger partial charge in [0.25, 0.3) is 0 Å². The number of para-hydroxylation sites is 1. The monoisotopic (exact) mass is 272 g/mol. The van der Waals surface area contributed by atoms with Crippen LogP contribution in [0.2, 0.25) is 0 Å². The summed E-state index contributed by atoms with van der Waals surface area (Å²) in [5.41, 5.74) is 1.21. The SMILES string of the molecule is CCCCN(/C=C/CN(C=O)C1CC1)c1ccccc1. The van der Waals surface area contributed by atoms with Crippen LogP contribution in [0, 0.1) is 0 Å². The molecule has 1 aliphatic carbocycles. The van der Waals surface area contributed by atoms with Crippen molar-refractivity contribution in [3.63, 3.8) is 0 Å². The molecule has 0 spiro atoms. The van der Waals surface area contributed by atoms with E-state index in [2.05, 4.69) is 48.4 Å². The predicted octanol–water partition coefficient (Wildman–Crippen LogP) is 3.43. The zero-order valence-corrected chi connectivity index (χ0v) is 12.2. The summed E-state index contributed by atoms with van der Waals surface area (Å²) >= 11 is 0. The fraction of sp³-hybridized carbons (Fsp3) is 0.471. The van der Waals surface area contributed by atoms with Crippen molar-refractivity contribution in [1.82, 2.24) is 4.90 Å². The van der Waals surface area contributed by atoms with E-state index < -0.39 is 0 Å². The molecule has 3 nitrogen and oxygen atoms in total. The summed E-state index contributed by atoms with van der Waals surface area (Å²) in [6.45, 7) is 3.93. The summed E-state index contributed by atoms with van der Waals surface area (Å²) < 4.78 is 0. The van der Waals surface area contributed by atoms with Crippen LogP contribution in [0.3, 0.4) is 0 Å². The molecule has 108 valence electrons. The molecule has 1 aromatic rings. The lowest BCUT2D eigenvalue weighted by Gasteiger charge is -2.21. The van der Waals surface area contributed by atoms with E-state index in [9.17, 15) is 4.79 Å². The molecule has 1 aromatic carbocycles. The first kappa shape index (κ1) is 14.6. The highest BCUT2D eigenvalue weighted by Gasteiger charge is 2.26. The Labute approximate surface area is 121 Å². The number of nitrogens with zero attached hydrogens (tertiary/aromatic N) is 2. The van der Waals surface area contributed by atoms with Gasteiger partial charge in [0.05, 0.1) is 0 Å². The van der Waals surface area contributed by atoms with Gasteiger partial charge < -0.3 is 9.80 Å². The van der Waals surface area contributed by atoms with Gasteiger partial charge in [-0.1, -0.05) is 31.5 Å². The fourth-order valence-electron chi connectivity index (χ4n) is 2.22. The third-order valence-electron chi connectivity index (χ3n) is 3.59. The molecular formula is C17H24N2O. The van der Waals surface area contributed by atoms with Crippen LogP contribution in [0.5, 0.6) is 0 Å². The highest BCUT2D eigenvalue weighted by atomic mass is 16.1. The molecule has 3 heteroatoms. The van der Waals surface area contributed by atoms with Gasteiger partial charge in [-0.25, -0.2) is 0 Å². The maximum Gasteiger partial charge on any atom is 0.210 e. The number of amides is 1. The summed E-state index contributed by atoms with van der Waals surface area (Å²) in [5, 5.41) is 0. The Balaban J connectivity index is 1.94. The molecule has 1 aliphatic rings. The van der Waals surface area contributed by atoms with Crippen LogP contribution in [0.25, 0.3) is 0 Å². The molecule has 0 aliphatic heterocycles. The largest absolute Gasteiger partial charge is 0.348 e. The van der Waals surface area contributed by atoms with Crippen molar-refractivity contribution in [2.75, 3.05) is 18.0 Å². The standard InChI is InChI=1S/C17H24N2O/c1-2-3-12-18(16-8-5-4-6-9-16)13-7-14-19(15-20)17-10-11-17/h4-9,13,15,17H,2-3,10-12,14H2,1H3/b13-7+. The first-order chi connectivity index (χ1) is 9.85. The smallest absolute Gasteiger partial charge is 0.210 e. The van der Waals surface area contributed by atoms with Crippen molar-refractivity contribution in [2.24, 2.45) is 0 Å². The molecule has 20 heavy (non-hydrogen) atoms. The van der Waals surface area contributed by atoms with E-state index in [1.54, 1.807) is 0 Å². The number of carbonyl (C=O) groups excluding carboxylic acids is 1. The van der Waals surface area contributed by atoms with E-state index in [0.29, 0.717) is 12.6 Å². The minimum absolute atomic E-state index is 0.484. The third kappa shape index (κ3) is 4.41. The second-order valence-electron chi connectivity index (χ2n) is 5.30. The molecule has 0 bridgehead atoms. The lowest BCUT2D eigenvalue weighted by Crippen LogP contribution is -2.25. The van der Waals surface area contributed by atoms with Crippen LogP contribution < -0.4 is 4.90 Å². The highest BCUT2D eigenvalue weighted by molar-refractivity contribution is 5.50. The maximum absolute atomic E-state index is 11.0. The number of hydrogen-bond donors (Lipinski definition) is 0. The quantitative estimate of drug-likeness (QED) is 0.643. The summed E-state index contributed by atoms with van der Waals surface area (Å²) in [4.78, 5) is 15.1. The maximum atomic E-state index is 11.0. The van der Waals surface area contributed by atoms with E-state index in [-0.39, 0.29) is 0 Å². The van der Waals surface area contributed by atoms with E-state index in [1.165, 1.54) is 18.5 Å². The normalized spacial score (nSPS) is 14.4. The first-order valence-corrected chi connectivity index (χ1v) is 7.54. The van der Waals surface area contributed by atoms with Gasteiger partial charge in [-0.2, -0.15) is 0 Å². The van der Waals surface area contributed by atoms with Crippen LogP contribution in [-0.2, 0) is 4.79 Å². The molecule has 0 aromatic heterocycles. The van der Waals surface area contributed by atoms with Gasteiger partial charge in [0.15, 0.2) is 0 Å². The Kier molecular flexibility index (Phi) is 5.66. The van der Waals surface area contributed by atoms with E-state index in [4.69, 9.17) is 0 Å². The Morgan fingerprint density at radius 1 is 1.25 bits per heavy atom. The Hall–Kier alpha value is -1.77. The number of hydrogen-bond acceptors (Lipinski definition) is 2. The van der Waals surface area contributed by atoms with Crippen LogP contribution in [0.4, 0.5) is 5.69 Å². The molecule has 0 radical (unpaired) electrons. The molecular weight excluding hydrogens is 248 g/mol. The topological polar surface area (TPSA) is 23.6 Å². The van der Waals surface area contributed by atoms with Crippen molar-refractivity contribution in [1.29, 1.82) is 0 Å². The molecule has 1 amide bonds. The molecule has 0 unspecified atom stereocenters. The zero-order chi connectivity index (χ0) is 14.2. The summed E-state index contributed by atoms with van der Waals surface area (Å²) in [6, 6.07) is 10.9. The summed E-state index contributed by atoms with van der Waals surface area (Å²) in [6.07, 6.45) is 9.84. The van der Waals surface area contributed by atoms with E-state index in [0.717, 1.165) is 25.8 Å². The Morgan fingerprint density at radius 3 is 2.60 bits per heavy atom. The Bertz CT molecular complexity index is 426. The number of benzene rings is 1.